The average Bonchev–Trinajstić information content (AvgIpc) is 2.27. The zero-order chi connectivity index (χ0) is 13.5. The summed E-state index contributed by atoms with van der Waals surface area (Å²) >= 11 is 0. The van der Waals surface area contributed by atoms with E-state index in [0.29, 0.717) is 0 Å². The summed E-state index contributed by atoms with van der Waals surface area (Å²) in [5.41, 5.74) is -0.254. The number of aryl methyl sites for hydroxylation is 1. The fourth-order valence-electron chi connectivity index (χ4n) is 1.80. The zero-order valence-corrected chi connectivity index (χ0v) is 10.6. The van der Waals surface area contributed by atoms with Crippen LogP contribution in [0.5, 0.6) is 5.75 Å². The molecule has 2 N–H and O–H groups in total. The van der Waals surface area contributed by atoms with Gasteiger partial charge >= 0.3 is 12.0 Å². The molecule has 106 valence electrons. The topological polar surface area (TPSA) is 58.6 Å². The lowest BCUT2D eigenvalue weighted by molar-refractivity contribution is -0.104. The Labute approximate surface area is 113 Å². The minimum Gasteiger partial charge on any atom is -0.507 e. The fraction of sp³-hybridized carbons (Fsp3) is 0.364. The van der Waals surface area contributed by atoms with Crippen molar-refractivity contribution in [1.82, 2.24) is 5.32 Å². The summed E-state index contributed by atoms with van der Waals surface area (Å²) < 4.78 is 44.6. The summed E-state index contributed by atoms with van der Waals surface area (Å²) in [4.78, 5) is 11.0. The number of alkyl halides is 2. The summed E-state index contributed by atoms with van der Waals surface area (Å²) in [7, 11) is 0. The minimum atomic E-state index is -3.42. The number of rotatable bonds is 1. The Morgan fingerprint density at radius 3 is 2.74 bits per heavy atom. The van der Waals surface area contributed by atoms with Crippen LogP contribution in [0.2, 0.25) is 0 Å². The Bertz CT molecular complexity index is 510. The molecule has 1 amide bonds. The van der Waals surface area contributed by atoms with Crippen molar-refractivity contribution in [2.75, 3.05) is 6.61 Å². The lowest BCUT2D eigenvalue weighted by Crippen LogP contribution is -2.49. The molecule has 0 spiro atoms. The van der Waals surface area contributed by atoms with Gasteiger partial charge in [-0.15, -0.1) is 12.4 Å². The summed E-state index contributed by atoms with van der Waals surface area (Å²) in [6.45, 7) is 0.264. The van der Waals surface area contributed by atoms with Crippen LogP contribution in [0, 0.1) is 12.7 Å². The average molecular weight is 298 g/mol. The first-order valence-electron chi connectivity index (χ1n) is 5.11. The second kappa shape index (κ2) is 5.16. The molecule has 1 saturated heterocycles. The number of carbonyl (C=O) groups is 1. The number of halogens is 4. The first-order chi connectivity index (χ1) is 8.31. The molecule has 1 aliphatic rings. The highest BCUT2D eigenvalue weighted by Gasteiger charge is 2.48. The highest BCUT2D eigenvalue weighted by atomic mass is 35.5. The van der Waals surface area contributed by atoms with Gasteiger partial charge in [-0.05, 0) is 24.6 Å². The van der Waals surface area contributed by atoms with E-state index in [9.17, 15) is 23.1 Å². The molecule has 0 aromatic heterocycles. The van der Waals surface area contributed by atoms with Crippen LogP contribution in [-0.4, -0.2) is 23.7 Å². The summed E-state index contributed by atoms with van der Waals surface area (Å²) in [6, 6.07) is -0.0295. The Hall–Kier alpha value is -1.63. The third kappa shape index (κ3) is 2.86. The molecule has 1 aromatic rings. The van der Waals surface area contributed by atoms with Gasteiger partial charge in [0.15, 0.2) is 6.61 Å². The second-order valence-electron chi connectivity index (χ2n) is 4.08. The molecule has 1 fully saturated rings. The van der Waals surface area contributed by atoms with E-state index >= 15 is 0 Å². The monoisotopic (exact) mass is 297 g/mol. The van der Waals surface area contributed by atoms with Gasteiger partial charge in [0.2, 0.25) is 0 Å². The molecular formula is C11H11ClF3NO3. The van der Waals surface area contributed by atoms with Gasteiger partial charge in [-0.25, -0.2) is 18.0 Å². The van der Waals surface area contributed by atoms with Crippen molar-refractivity contribution in [2.24, 2.45) is 0 Å². The molecule has 1 aliphatic heterocycles. The normalized spacial score (nSPS) is 21.1. The Morgan fingerprint density at radius 1 is 1.47 bits per heavy atom. The van der Waals surface area contributed by atoms with Crippen LogP contribution in [0.3, 0.4) is 0 Å². The predicted octanol–water partition coefficient (Wildman–Crippen LogP) is 2.68. The van der Waals surface area contributed by atoms with E-state index in [1.165, 1.54) is 6.92 Å². The van der Waals surface area contributed by atoms with Crippen molar-refractivity contribution in [3.63, 3.8) is 0 Å². The number of hydrogen-bond acceptors (Lipinski definition) is 3. The van der Waals surface area contributed by atoms with Crippen molar-refractivity contribution >= 4 is 18.5 Å². The number of carbonyl (C=O) groups excluding carboxylic acids is 1. The van der Waals surface area contributed by atoms with Gasteiger partial charge in [-0.3, -0.25) is 0 Å². The van der Waals surface area contributed by atoms with Gasteiger partial charge in [0, 0.05) is 5.56 Å². The van der Waals surface area contributed by atoms with E-state index in [2.05, 4.69) is 4.74 Å². The summed E-state index contributed by atoms with van der Waals surface area (Å²) in [5, 5.41) is 11.6. The molecule has 8 heteroatoms. The van der Waals surface area contributed by atoms with Crippen LogP contribution in [0.25, 0.3) is 0 Å². The maximum absolute atomic E-state index is 13.6. The molecule has 1 heterocycles. The highest BCUT2D eigenvalue weighted by molar-refractivity contribution is 5.85. The number of aromatic hydroxyl groups is 1. The van der Waals surface area contributed by atoms with E-state index in [1.54, 1.807) is 0 Å². The third-order valence-electron chi connectivity index (χ3n) is 2.69. The standard InChI is InChI=1S/C11H10F3NO3.ClH/c1-5-2-6(12)3-7(8(5)16)9-11(13,14)4-18-10(17)15-9;/h2-3,9,16H,4H2,1H3,(H,15,17);1H/t9-;/m0./s1. The Kier molecular flexibility index (Phi) is 4.19. The number of benzene rings is 1. The number of hydrogen-bond donors (Lipinski definition) is 2. The largest absolute Gasteiger partial charge is 0.507 e. The van der Waals surface area contributed by atoms with E-state index < -0.39 is 36.2 Å². The van der Waals surface area contributed by atoms with Crippen LogP contribution in [0.15, 0.2) is 12.1 Å². The second-order valence-corrected chi connectivity index (χ2v) is 4.08. The SMILES string of the molecule is Cc1cc(F)cc([C@@H]2NC(=O)OCC2(F)F)c1O.Cl. The van der Waals surface area contributed by atoms with Gasteiger partial charge in [0.1, 0.15) is 17.6 Å². The fourth-order valence-corrected chi connectivity index (χ4v) is 1.80. The van der Waals surface area contributed by atoms with Gasteiger partial charge in [-0.2, -0.15) is 0 Å². The number of nitrogens with one attached hydrogen (secondary N) is 1. The molecular weight excluding hydrogens is 287 g/mol. The van der Waals surface area contributed by atoms with Gasteiger partial charge in [0.05, 0.1) is 0 Å². The van der Waals surface area contributed by atoms with Crippen LogP contribution in [0.1, 0.15) is 17.2 Å². The first-order valence-corrected chi connectivity index (χ1v) is 5.11. The van der Waals surface area contributed by atoms with Crippen molar-refractivity contribution in [3.8, 4) is 5.75 Å². The molecule has 1 atom stereocenters. The van der Waals surface area contributed by atoms with E-state index in [-0.39, 0.29) is 23.5 Å². The lowest BCUT2D eigenvalue weighted by Gasteiger charge is -2.32. The van der Waals surface area contributed by atoms with E-state index in [0.717, 1.165) is 12.1 Å². The summed E-state index contributed by atoms with van der Waals surface area (Å²) in [5.74, 6) is -4.66. The Balaban J connectivity index is 0.00000180. The number of phenols is 1. The van der Waals surface area contributed by atoms with Crippen molar-refractivity contribution < 1.29 is 27.8 Å². The Morgan fingerprint density at radius 2 is 2.11 bits per heavy atom. The number of ether oxygens (including phenoxy) is 1. The minimum absolute atomic E-state index is 0. The lowest BCUT2D eigenvalue weighted by atomic mass is 9.97. The van der Waals surface area contributed by atoms with Gasteiger partial charge in [-0.1, -0.05) is 0 Å². The van der Waals surface area contributed by atoms with Gasteiger partial charge < -0.3 is 15.2 Å². The van der Waals surface area contributed by atoms with Crippen molar-refractivity contribution in [3.05, 3.63) is 29.1 Å². The van der Waals surface area contributed by atoms with Crippen LogP contribution in [0.4, 0.5) is 18.0 Å². The molecule has 2 rings (SSSR count). The predicted molar refractivity (Wildman–Crippen MR) is 62.2 cm³/mol. The molecule has 0 bridgehead atoms. The molecule has 4 nitrogen and oxygen atoms in total. The van der Waals surface area contributed by atoms with Crippen molar-refractivity contribution in [2.45, 2.75) is 18.9 Å². The third-order valence-corrected chi connectivity index (χ3v) is 2.69. The molecule has 0 saturated carbocycles. The van der Waals surface area contributed by atoms with Crippen molar-refractivity contribution in [1.29, 1.82) is 0 Å². The molecule has 0 unspecified atom stereocenters. The molecule has 0 aliphatic carbocycles. The zero-order valence-electron chi connectivity index (χ0n) is 9.75. The quantitative estimate of drug-likeness (QED) is 0.838. The number of amides is 1. The first kappa shape index (κ1) is 15.4. The van der Waals surface area contributed by atoms with Crippen LogP contribution >= 0.6 is 12.4 Å². The van der Waals surface area contributed by atoms with Gasteiger partial charge in [0.25, 0.3) is 0 Å². The van der Waals surface area contributed by atoms with E-state index in [1.807, 2.05) is 5.32 Å². The number of alkyl carbamates (subject to hydrolysis) is 1. The summed E-state index contributed by atoms with van der Waals surface area (Å²) in [6.07, 6.45) is -1.03. The van der Waals surface area contributed by atoms with Crippen LogP contribution < -0.4 is 5.32 Å². The molecule has 0 radical (unpaired) electrons. The number of phenolic OH excluding ortho intramolecular Hbond substituents is 1. The highest BCUT2D eigenvalue weighted by Crippen LogP contribution is 2.39. The molecule has 1 aromatic carbocycles. The van der Waals surface area contributed by atoms with Crippen LogP contribution in [-0.2, 0) is 4.74 Å². The smallest absolute Gasteiger partial charge is 0.408 e. The maximum Gasteiger partial charge on any atom is 0.408 e. The van der Waals surface area contributed by atoms with E-state index in [4.69, 9.17) is 0 Å². The molecule has 19 heavy (non-hydrogen) atoms. The number of cyclic esters (lactones) is 1. The maximum atomic E-state index is 13.6.